The monoisotopic (exact) mass is 312 g/mol. The van der Waals surface area contributed by atoms with Gasteiger partial charge in [-0.05, 0) is 43.5 Å². The van der Waals surface area contributed by atoms with Gasteiger partial charge in [-0.2, -0.15) is 0 Å². The predicted octanol–water partition coefficient (Wildman–Crippen LogP) is 1.45. The Morgan fingerprint density at radius 1 is 1.33 bits per heavy atom. The molecule has 0 amide bonds. The zero-order valence-corrected chi connectivity index (χ0v) is 13.5. The zero-order valence-electron chi connectivity index (χ0n) is 12.7. The second-order valence-corrected chi connectivity index (χ2v) is 7.59. The molecule has 1 aromatic rings. The largest absolute Gasteiger partial charge is 0.381 e. The molecule has 1 aliphatic rings. The van der Waals surface area contributed by atoms with Crippen molar-refractivity contribution in [2.75, 3.05) is 33.9 Å². The van der Waals surface area contributed by atoms with Crippen LogP contribution in [-0.4, -0.2) is 46.6 Å². The number of benzene rings is 1. The van der Waals surface area contributed by atoms with Gasteiger partial charge in [0.2, 0.25) is 10.0 Å². The van der Waals surface area contributed by atoms with E-state index in [1.165, 1.54) is 4.31 Å². The van der Waals surface area contributed by atoms with Crippen molar-refractivity contribution in [2.24, 2.45) is 5.92 Å². The number of hydrogen-bond acceptors (Lipinski definition) is 4. The van der Waals surface area contributed by atoms with Crippen molar-refractivity contribution < 1.29 is 13.2 Å². The molecule has 1 unspecified atom stereocenters. The Balaban J connectivity index is 2.05. The molecule has 0 spiro atoms. The van der Waals surface area contributed by atoms with Crippen LogP contribution >= 0.6 is 0 Å². The third-order valence-corrected chi connectivity index (χ3v) is 5.62. The standard InChI is InChI=1S/C15H24N2O3S/c1-16-10-13-5-7-15(8-6-13)21(18,19)17(2)11-14-4-3-9-20-12-14/h5-8,14,16H,3-4,9-12H2,1-2H3. The lowest BCUT2D eigenvalue weighted by Gasteiger charge is -2.26. The summed E-state index contributed by atoms with van der Waals surface area (Å²) >= 11 is 0. The van der Waals surface area contributed by atoms with Crippen molar-refractivity contribution in [3.63, 3.8) is 0 Å². The van der Waals surface area contributed by atoms with E-state index in [1.54, 1.807) is 19.2 Å². The molecule has 1 aliphatic heterocycles. The zero-order chi connectivity index (χ0) is 15.3. The Hall–Kier alpha value is -0.950. The molecule has 1 N–H and O–H groups in total. The van der Waals surface area contributed by atoms with Crippen molar-refractivity contribution in [3.05, 3.63) is 29.8 Å². The van der Waals surface area contributed by atoms with Crippen LogP contribution < -0.4 is 5.32 Å². The Morgan fingerprint density at radius 2 is 2.05 bits per heavy atom. The maximum Gasteiger partial charge on any atom is 0.242 e. The van der Waals surface area contributed by atoms with Crippen LogP contribution in [0.4, 0.5) is 0 Å². The molecule has 0 saturated carbocycles. The van der Waals surface area contributed by atoms with Gasteiger partial charge in [0.15, 0.2) is 0 Å². The van der Waals surface area contributed by atoms with Crippen LogP contribution in [-0.2, 0) is 21.3 Å². The Kier molecular flexibility index (Phi) is 5.75. The SMILES string of the molecule is CNCc1ccc(S(=O)(=O)N(C)CC2CCCOC2)cc1. The fourth-order valence-electron chi connectivity index (χ4n) is 2.58. The quantitative estimate of drug-likeness (QED) is 0.864. The van der Waals surface area contributed by atoms with Crippen molar-refractivity contribution in [1.29, 1.82) is 0 Å². The fourth-order valence-corrected chi connectivity index (χ4v) is 3.82. The van der Waals surface area contributed by atoms with Gasteiger partial charge in [-0.25, -0.2) is 12.7 Å². The van der Waals surface area contributed by atoms with Crippen LogP contribution in [0.1, 0.15) is 18.4 Å². The van der Waals surface area contributed by atoms with Gasteiger partial charge >= 0.3 is 0 Å². The van der Waals surface area contributed by atoms with Crippen LogP contribution in [0.3, 0.4) is 0 Å². The summed E-state index contributed by atoms with van der Waals surface area (Å²) in [4.78, 5) is 0.349. The summed E-state index contributed by atoms with van der Waals surface area (Å²) in [6, 6.07) is 7.05. The highest BCUT2D eigenvalue weighted by atomic mass is 32.2. The van der Waals surface area contributed by atoms with Gasteiger partial charge in [0.1, 0.15) is 0 Å². The average molecular weight is 312 g/mol. The Morgan fingerprint density at radius 3 is 2.62 bits per heavy atom. The van der Waals surface area contributed by atoms with Crippen LogP contribution in [0, 0.1) is 5.92 Å². The summed E-state index contributed by atoms with van der Waals surface area (Å²) in [5, 5.41) is 3.05. The molecule has 1 heterocycles. The lowest BCUT2D eigenvalue weighted by Crippen LogP contribution is -2.35. The van der Waals surface area contributed by atoms with Gasteiger partial charge in [-0.15, -0.1) is 0 Å². The number of nitrogens with one attached hydrogen (secondary N) is 1. The average Bonchev–Trinajstić information content (AvgIpc) is 2.49. The van der Waals surface area contributed by atoms with Gasteiger partial charge in [-0.3, -0.25) is 0 Å². The molecule has 1 saturated heterocycles. The van der Waals surface area contributed by atoms with E-state index in [0.717, 1.165) is 31.6 Å². The molecule has 1 atom stereocenters. The molecule has 1 fully saturated rings. The Labute approximate surface area is 127 Å². The molecule has 0 aliphatic carbocycles. The van der Waals surface area contributed by atoms with Crippen LogP contribution in [0.25, 0.3) is 0 Å². The number of rotatable bonds is 6. The molecule has 0 aromatic heterocycles. The van der Waals surface area contributed by atoms with Gasteiger partial charge in [-0.1, -0.05) is 12.1 Å². The normalized spacial score (nSPS) is 19.9. The molecule has 0 bridgehead atoms. The van der Waals surface area contributed by atoms with E-state index < -0.39 is 10.0 Å². The van der Waals surface area contributed by atoms with E-state index in [2.05, 4.69) is 5.32 Å². The molecule has 5 nitrogen and oxygen atoms in total. The molecule has 1 aromatic carbocycles. The minimum absolute atomic E-state index is 0.294. The van der Waals surface area contributed by atoms with Gasteiger partial charge in [0, 0.05) is 26.7 Å². The molecule has 21 heavy (non-hydrogen) atoms. The Bertz CT molecular complexity index is 537. The summed E-state index contributed by atoms with van der Waals surface area (Å²) in [6.07, 6.45) is 2.04. The van der Waals surface area contributed by atoms with E-state index in [-0.39, 0.29) is 0 Å². The smallest absolute Gasteiger partial charge is 0.242 e. The number of sulfonamides is 1. The molecule has 0 radical (unpaired) electrons. The number of hydrogen-bond donors (Lipinski definition) is 1. The van der Waals surface area contributed by atoms with E-state index in [9.17, 15) is 8.42 Å². The molecule has 6 heteroatoms. The summed E-state index contributed by atoms with van der Waals surface area (Å²) in [5.41, 5.74) is 1.07. The van der Waals surface area contributed by atoms with Gasteiger partial charge in [0.05, 0.1) is 11.5 Å². The first kappa shape index (κ1) is 16.4. The number of nitrogens with zero attached hydrogens (tertiary/aromatic N) is 1. The highest BCUT2D eigenvalue weighted by molar-refractivity contribution is 7.89. The molecule has 118 valence electrons. The van der Waals surface area contributed by atoms with E-state index in [0.29, 0.717) is 24.0 Å². The van der Waals surface area contributed by atoms with Crippen molar-refractivity contribution in [3.8, 4) is 0 Å². The first-order valence-corrected chi connectivity index (χ1v) is 8.75. The van der Waals surface area contributed by atoms with Crippen molar-refractivity contribution in [2.45, 2.75) is 24.3 Å². The van der Waals surface area contributed by atoms with Gasteiger partial charge < -0.3 is 10.1 Å². The number of ether oxygens (including phenoxy) is 1. The maximum atomic E-state index is 12.5. The molecular weight excluding hydrogens is 288 g/mol. The molecular formula is C15H24N2O3S. The first-order valence-electron chi connectivity index (χ1n) is 7.31. The first-order chi connectivity index (χ1) is 10.0. The summed E-state index contributed by atoms with van der Waals surface area (Å²) in [6.45, 7) is 2.69. The molecule has 2 rings (SSSR count). The third kappa shape index (κ3) is 4.26. The second-order valence-electron chi connectivity index (χ2n) is 5.54. The predicted molar refractivity (Wildman–Crippen MR) is 82.6 cm³/mol. The minimum atomic E-state index is -3.41. The second kappa shape index (κ2) is 7.35. The third-order valence-electron chi connectivity index (χ3n) is 3.78. The van der Waals surface area contributed by atoms with Crippen LogP contribution in [0.15, 0.2) is 29.2 Å². The van der Waals surface area contributed by atoms with E-state index in [4.69, 9.17) is 4.74 Å². The van der Waals surface area contributed by atoms with E-state index >= 15 is 0 Å². The maximum absolute atomic E-state index is 12.5. The van der Waals surface area contributed by atoms with Crippen molar-refractivity contribution >= 4 is 10.0 Å². The highest BCUT2D eigenvalue weighted by Crippen LogP contribution is 2.20. The topological polar surface area (TPSA) is 58.6 Å². The summed E-state index contributed by atoms with van der Waals surface area (Å²) in [7, 11) is 0.0973. The van der Waals surface area contributed by atoms with E-state index in [1.807, 2.05) is 19.2 Å². The van der Waals surface area contributed by atoms with Gasteiger partial charge in [0.25, 0.3) is 0 Å². The summed E-state index contributed by atoms with van der Waals surface area (Å²) in [5.74, 6) is 0.294. The van der Waals surface area contributed by atoms with Crippen molar-refractivity contribution in [1.82, 2.24) is 9.62 Å². The lowest BCUT2D eigenvalue weighted by atomic mass is 10.0. The van der Waals surface area contributed by atoms with Crippen LogP contribution in [0.5, 0.6) is 0 Å². The summed E-state index contributed by atoms with van der Waals surface area (Å²) < 4.78 is 31.9. The minimum Gasteiger partial charge on any atom is -0.381 e. The highest BCUT2D eigenvalue weighted by Gasteiger charge is 2.24. The lowest BCUT2D eigenvalue weighted by molar-refractivity contribution is 0.0495. The fraction of sp³-hybridized carbons (Fsp3) is 0.600. The van der Waals surface area contributed by atoms with Crippen LogP contribution in [0.2, 0.25) is 0 Å².